The predicted octanol–water partition coefficient (Wildman–Crippen LogP) is 1.34. The molecule has 106 valence electrons. The number of benzene rings is 1. The third kappa shape index (κ3) is 3.21. The first-order valence-corrected chi connectivity index (χ1v) is 7.91. The second-order valence-electron chi connectivity index (χ2n) is 4.17. The van der Waals surface area contributed by atoms with Gasteiger partial charge in [-0.15, -0.1) is 0 Å². The van der Waals surface area contributed by atoms with Crippen LogP contribution < -0.4 is 5.73 Å². The van der Waals surface area contributed by atoms with Crippen molar-refractivity contribution < 1.29 is 13.2 Å². The number of nitrogens with two attached hydrogens (primary N) is 1. The molecule has 0 spiro atoms. The first-order valence-electron chi connectivity index (χ1n) is 5.72. The number of hydrogen-bond donors (Lipinski definition) is 1. The first kappa shape index (κ1) is 15.0. The van der Waals surface area contributed by atoms with Crippen molar-refractivity contribution in [3.63, 3.8) is 0 Å². The predicted molar refractivity (Wildman–Crippen MR) is 74.0 cm³/mol. The van der Waals surface area contributed by atoms with E-state index in [1.165, 1.54) is 16.4 Å². The molecular formula is C11H14Cl2N2O3S. The Kier molecular flexibility index (Phi) is 4.70. The zero-order valence-electron chi connectivity index (χ0n) is 10.1. The molecule has 1 aromatic rings. The smallest absolute Gasteiger partial charge is 0.244 e. The van der Waals surface area contributed by atoms with E-state index < -0.39 is 10.0 Å². The molecule has 1 saturated heterocycles. The third-order valence-corrected chi connectivity index (χ3v) is 5.46. The van der Waals surface area contributed by atoms with E-state index in [4.69, 9.17) is 33.7 Å². The summed E-state index contributed by atoms with van der Waals surface area (Å²) in [7, 11) is -3.68. The molecule has 2 N–H and O–H groups in total. The summed E-state index contributed by atoms with van der Waals surface area (Å²) in [5.41, 5.74) is 5.51. The first-order chi connectivity index (χ1) is 8.95. The summed E-state index contributed by atoms with van der Waals surface area (Å²) in [6.45, 7) is 1.10. The van der Waals surface area contributed by atoms with Gasteiger partial charge in [0.15, 0.2) is 0 Å². The van der Waals surface area contributed by atoms with Crippen molar-refractivity contribution in [2.45, 2.75) is 11.0 Å². The maximum Gasteiger partial charge on any atom is 0.244 e. The van der Waals surface area contributed by atoms with E-state index >= 15 is 0 Å². The second-order valence-corrected chi connectivity index (χ2v) is 6.92. The lowest BCUT2D eigenvalue weighted by Gasteiger charge is -2.31. The molecule has 8 heteroatoms. The lowest BCUT2D eigenvalue weighted by Crippen LogP contribution is -2.48. The van der Waals surface area contributed by atoms with Gasteiger partial charge >= 0.3 is 0 Å². The highest BCUT2D eigenvalue weighted by Gasteiger charge is 2.31. The number of sulfonamides is 1. The van der Waals surface area contributed by atoms with Gasteiger partial charge in [-0.2, -0.15) is 4.31 Å². The van der Waals surface area contributed by atoms with Gasteiger partial charge in [-0.25, -0.2) is 8.42 Å². The number of nitrogens with zero attached hydrogens (tertiary/aromatic N) is 1. The molecule has 2 rings (SSSR count). The normalized spacial score (nSPS) is 21.5. The Labute approximate surface area is 122 Å². The van der Waals surface area contributed by atoms with Gasteiger partial charge in [-0.1, -0.05) is 23.2 Å². The molecular weight excluding hydrogens is 311 g/mol. The van der Waals surface area contributed by atoms with E-state index in [2.05, 4.69) is 0 Å². The van der Waals surface area contributed by atoms with Crippen molar-refractivity contribution in [1.29, 1.82) is 0 Å². The van der Waals surface area contributed by atoms with Crippen LogP contribution in [0.25, 0.3) is 0 Å². The molecule has 1 heterocycles. The van der Waals surface area contributed by atoms with E-state index in [0.29, 0.717) is 11.6 Å². The quantitative estimate of drug-likeness (QED) is 0.910. The van der Waals surface area contributed by atoms with Gasteiger partial charge in [0.25, 0.3) is 0 Å². The standard InChI is InChI=1S/C11H14Cl2N2O3S/c12-8-1-2-10(13)11(5-8)19(16,17)15-3-4-18-9(6-14)7-15/h1-2,5,9H,3-4,6-7,14H2. The minimum absolute atomic E-state index is 0.0133. The summed E-state index contributed by atoms with van der Waals surface area (Å²) in [5, 5.41) is 0.479. The summed E-state index contributed by atoms with van der Waals surface area (Å²) in [5.74, 6) is 0. The highest BCUT2D eigenvalue weighted by molar-refractivity contribution is 7.89. The van der Waals surface area contributed by atoms with Crippen LogP contribution in [0.2, 0.25) is 10.0 Å². The van der Waals surface area contributed by atoms with E-state index in [0.717, 1.165) is 0 Å². The van der Waals surface area contributed by atoms with Crippen LogP contribution in [0.4, 0.5) is 0 Å². The van der Waals surface area contributed by atoms with Crippen LogP contribution in [0.5, 0.6) is 0 Å². The Bertz CT molecular complexity index is 565. The highest BCUT2D eigenvalue weighted by atomic mass is 35.5. The van der Waals surface area contributed by atoms with E-state index in [1.807, 2.05) is 0 Å². The SMILES string of the molecule is NCC1CN(S(=O)(=O)c2cc(Cl)ccc2Cl)CCO1. The summed E-state index contributed by atoms with van der Waals surface area (Å²) in [4.78, 5) is 0.0133. The zero-order chi connectivity index (χ0) is 14.0. The Balaban J connectivity index is 2.34. The molecule has 0 aromatic heterocycles. The summed E-state index contributed by atoms with van der Waals surface area (Å²) < 4.78 is 31.7. The van der Waals surface area contributed by atoms with Crippen molar-refractivity contribution >= 4 is 33.2 Å². The molecule has 1 aliphatic rings. The van der Waals surface area contributed by atoms with Gasteiger partial charge < -0.3 is 10.5 Å². The second kappa shape index (κ2) is 5.95. The van der Waals surface area contributed by atoms with Gasteiger partial charge in [-0.3, -0.25) is 0 Å². The lowest BCUT2D eigenvalue weighted by atomic mass is 10.3. The molecule has 19 heavy (non-hydrogen) atoms. The minimum Gasteiger partial charge on any atom is -0.374 e. The largest absolute Gasteiger partial charge is 0.374 e. The Hall–Kier alpha value is -0.370. The summed E-state index contributed by atoms with van der Waals surface area (Å²) in [6.07, 6.45) is -0.290. The van der Waals surface area contributed by atoms with Crippen LogP contribution >= 0.6 is 23.2 Å². The number of morpholine rings is 1. The average molecular weight is 325 g/mol. The molecule has 0 saturated carbocycles. The summed E-state index contributed by atoms with van der Waals surface area (Å²) in [6, 6.07) is 4.37. The van der Waals surface area contributed by atoms with Crippen molar-refractivity contribution in [1.82, 2.24) is 4.31 Å². The van der Waals surface area contributed by atoms with Crippen LogP contribution in [0.15, 0.2) is 23.1 Å². The van der Waals surface area contributed by atoms with Gasteiger partial charge in [0.05, 0.1) is 17.7 Å². The van der Waals surface area contributed by atoms with Crippen LogP contribution in [-0.2, 0) is 14.8 Å². The average Bonchev–Trinajstić information content (AvgIpc) is 2.41. The monoisotopic (exact) mass is 324 g/mol. The molecule has 1 aliphatic heterocycles. The van der Waals surface area contributed by atoms with Gasteiger partial charge in [0, 0.05) is 24.7 Å². The van der Waals surface area contributed by atoms with Crippen LogP contribution in [0, 0.1) is 0 Å². The number of ether oxygens (including phenoxy) is 1. The van der Waals surface area contributed by atoms with Crippen molar-refractivity contribution in [2.24, 2.45) is 5.73 Å². The van der Waals surface area contributed by atoms with Gasteiger partial charge in [0.1, 0.15) is 4.90 Å². The maximum absolute atomic E-state index is 12.5. The Morgan fingerprint density at radius 2 is 2.16 bits per heavy atom. The Morgan fingerprint density at radius 1 is 1.42 bits per heavy atom. The fraction of sp³-hybridized carbons (Fsp3) is 0.455. The maximum atomic E-state index is 12.5. The summed E-state index contributed by atoms with van der Waals surface area (Å²) >= 11 is 11.8. The topological polar surface area (TPSA) is 72.6 Å². The fourth-order valence-electron chi connectivity index (χ4n) is 1.87. The molecule has 0 bridgehead atoms. The molecule has 5 nitrogen and oxygen atoms in total. The lowest BCUT2D eigenvalue weighted by molar-refractivity contribution is 0.00451. The third-order valence-electron chi connectivity index (χ3n) is 2.88. The zero-order valence-corrected chi connectivity index (χ0v) is 12.4. The van der Waals surface area contributed by atoms with Crippen LogP contribution in [0.3, 0.4) is 0 Å². The molecule has 0 aliphatic carbocycles. The van der Waals surface area contributed by atoms with Crippen LogP contribution in [0.1, 0.15) is 0 Å². The molecule has 1 aromatic carbocycles. The van der Waals surface area contributed by atoms with Crippen molar-refractivity contribution in [3.8, 4) is 0 Å². The molecule has 0 radical (unpaired) electrons. The Morgan fingerprint density at radius 3 is 2.84 bits per heavy atom. The number of halogens is 2. The molecule has 1 unspecified atom stereocenters. The van der Waals surface area contributed by atoms with Crippen molar-refractivity contribution in [2.75, 3.05) is 26.2 Å². The number of rotatable bonds is 3. The van der Waals surface area contributed by atoms with E-state index in [-0.39, 0.29) is 35.7 Å². The van der Waals surface area contributed by atoms with Crippen molar-refractivity contribution in [3.05, 3.63) is 28.2 Å². The number of hydrogen-bond acceptors (Lipinski definition) is 4. The molecule has 1 atom stereocenters. The highest BCUT2D eigenvalue weighted by Crippen LogP contribution is 2.28. The van der Waals surface area contributed by atoms with E-state index in [9.17, 15) is 8.42 Å². The van der Waals surface area contributed by atoms with E-state index in [1.54, 1.807) is 6.07 Å². The fourth-order valence-corrected chi connectivity index (χ4v) is 4.06. The van der Waals surface area contributed by atoms with Crippen LogP contribution in [-0.4, -0.2) is 45.1 Å². The van der Waals surface area contributed by atoms with Gasteiger partial charge in [-0.05, 0) is 18.2 Å². The minimum atomic E-state index is -3.68. The molecule has 0 amide bonds. The molecule has 1 fully saturated rings. The van der Waals surface area contributed by atoms with Gasteiger partial charge in [0.2, 0.25) is 10.0 Å².